The Morgan fingerprint density at radius 1 is 1.17 bits per heavy atom. The van der Waals surface area contributed by atoms with Crippen LogP contribution in [0.1, 0.15) is 24.8 Å². The highest BCUT2D eigenvalue weighted by molar-refractivity contribution is 7.89. The van der Waals surface area contributed by atoms with Crippen LogP contribution in [-0.2, 0) is 21.2 Å². The van der Waals surface area contributed by atoms with E-state index in [0.717, 1.165) is 6.07 Å². The first-order valence-electron chi connectivity index (χ1n) is 11.3. The molecule has 1 amide bonds. The molecule has 1 saturated heterocycles. The third-order valence-electron chi connectivity index (χ3n) is 6.99. The van der Waals surface area contributed by atoms with Crippen molar-refractivity contribution < 1.29 is 40.3 Å². The first-order chi connectivity index (χ1) is 17.0. The van der Waals surface area contributed by atoms with Crippen LogP contribution < -0.4 is 4.72 Å². The van der Waals surface area contributed by atoms with Gasteiger partial charge in [0.25, 0.3) is 15.9 Å². The number of hydrogen-bond donors (Lipinski definition) is 2. The maximum Gasteiger partial charge on any atom is 0.350 e. The number of likely N-dealkylation sites (tertiary alicyclic amines) is 1. The van der Waals surface area contributed by atoms with Gasteiger partial charge in [0.15, 0.2) is 6.10 Å². The molecule has 2 fully saturated rings. The number of benzene rings is 2. The smallest absolute Gasteiger partial charge is 0.350 e. The van der Waals surface area contributed by atoms with Crippen LogP contribution in [0, 0.1) is 17.0 Å². The molecule has 2 aliphatic rings. The second-order valence-electron chi connectivity index (χ2n) is 9.36. The fourth-order valence-corrected chi connectivity index (χ4v) is 5.74. The number of amides is 1. The molecule has 2 N–H and O–H groups in total. The molecule has 196 valence electrons. The zero-order valence-electron chi connectivity index (χ0n) is 19.0. The van der Waals surface area contributed by atoms with Crippen molar-refractivity contribution in [1.29, 1.82) is 0 Å². The van der Waals surface area contributed by atoms with Gasteiger partial charge in [-0.2, -0.15) is 8.78 Å². The highest BCUT2D eigenvalue weighted by Crippen LogP contribution is 2.54. The summed E-state index contributed by atoms with van der Waals surface area (Å²) in [5.74, 6) is -5.85. The van der Waals surface area contributed by atoms with E-state index in [2.05, 4.69) is 0 Å². The molecule has 1 aliphatic heterocycles. The van der Waals surface area contributed by atoms with Crippen molar-refractivity contribution in [3.63, 3.8) is 0 Å². The number of piperidine rings is 1. The number of carbonyl (C=O) groups excluding carboxylic acids is 1. The summed E-state index contributed by atoms with van der Waals surface area (Å²) in [5, 5.41) is 9.87. The second-order valence-corrected chi connectivity index (χ2v) is 11.0. The molecule has 2 aromatic carbocycles. The molecule has 1 spiro atoms. The van der Waals surface area contributed by atoms with Gasteiger partial charge in [0.2, 0.25) is 0 Å². The number of nitrogens with one attached hydrogen (secondary N) is 1. The summed E-state index contributed by atoms with van der Waals surface area (Å²) >= 11 is 0. The molecular formula is C24H25F5N2O4S. The average Bonchev–Trinajstić information content (AvgIpc) is 3.61. The molecule has 1 saturated carbocycles. The van der Waals surface area contributed by atoms with E-state index in [9.17, 15) is 35.9 Å². The molecule has 0 bridgehead atoms. The van der Waals surface area contributed by atoms with Crippen LogP contribution in [0.15, 0.2) is 42.5 Å². The Bertz CT molecular complexity index is 1240. The number of sulfonamides is 1. The number of aliphatic hydroxyl groups excluding tert-OH is 1. The van der Waals surface area contributed by atoms with Crippen LogP contribution in [0.2, 0.25) is 0 Å². The van der Waals surface area contributed by atoms with Crippen molar-refractivity contribution in [2.24, 2.45) is 5.41 Å². The lowest BCUT2D eigenvalue weighted by Crippen LogP contribution is -2.60. The van der Waals surface area contributed by atoms with Crippen LogP contribution in [0.4, 0.5) is 22.0 Å². The van der Waals surface area contributed by atoms with Crippen molar-refractivity contribution in [3.8, 4) is 11.1 Å². The summed E-state index contributed by atoms with van der Waals surface area (Å²) in [6, 6.07) is 7.84. The lowest BCUT2D eigenvalue weighted by molar-refractivity contribution is -0.147. The third kappa shape index (κ3) is 5.25. The van der Waals surface area contributed by atoms with Gasteiger partial charge < -0.3 is 10.0 Å². The Morgan fingerprint density at radius 3 is 2.47 bits per heavy atom. The number of hydrogen-bond acceptors (Lipinski definition) is 4. The molecular weight excluding hydrogens is 507 g/mol. The fraction of sp³-hybridized carbons (Fsp3) is 0.458. The van der Waals surface area contributed by atoms with E-state index in [1.165, 1.54) is 41.3 Å². The zero-order chi connectivity index (χ0) is 26.3. The quantitative estimate of drug-likeness (QED) is 0.511. The van der Waals surface area contributed by atoms with Crippen molar-refractivity contribution in [2.45, 2.75) is 49.6 Å². The Morgan fingerprint density at radius 2 is 1.86 bits per heavy atom. The van der Waals surface area contributed by atoms with Crippen LogP contribution >= 0.6 is 0 Å². The van der Waals surface area contributed by atoms with Crippen molar-refractivity contribution >= 4 is 15.9 Å². The van der Waals surface area contributed by atoms with Gasteiger partial charge in [-0.1, -0.05) is 30.3 Å². The molecule has 3 atom stereocenters. The molecule has 2 aromatic rings. The number of carbonyl (C=O) groups is 1. The lowest BCUT2D eigenvalue weighted by atomic mass is 9.82. The second kappa shape index (κ2) is 10.1. The SMILES string of the molecule is O=C([C@H](O)CF)N1CC2(CC2)[C@H](NS(=O)(=O)C(F)F)C[C@@H]1Cc1cccc(-c2cccc(F)c2)c1F. The van der Waals surface area contributed by atoms with E-state index >= 15 is 4.39 Å². The molecule has 36 heavy (non-hydrogen) atoms. The molecule has 1 aliphatic carbocycles. The molecule has 1 heterocycles. The maximum absolute atomic E-state index is 15.5. The number of rotatable bonds is 8. The van der Waals surface area contributed by atoms with Crippen LogP contribution in [-0.4, -0.2) is 61.5 Å². The van der Waals surface area contributed by atoms with Gasteiger partial charge in [-0.3, -0.25) is 4.79 Å². The standard InChI is InChI=1S/C24H25F5N2O4S/c25-12-19(32)22(33)31-13-24(7-8-24)20(30-36(34,35)23(28)29)11-17(31)10-15-4-2-6-18(21(15)27)14-3-1-5-16(26)9-14/h1-6,9,17,19-20,23,30,32H,7-8,10-13H2/t17-,19+,20+/m0/s1. The first-order valence-corrected chi connectivity index (χ1v) is 12.9. The molecule has 0 aromatic heterocycles. The normalized spacial score (nSPS) is 22.1. The van der Waals surface area contributed by atoms with Crippen LogP contribution in [0.25, 0.3) is 11.1 Å². The summed E-state index contributed by atoms with van der Waals surface area (Å²) in [7, 11) is -4.94. The molecule has 0 radical (unpaired) electrons. The summed E-state index contributed by atoms with van der Waals surface area (Å²) < 4.78 is 94.3. The van der Waals surface area contributed by atoms with E-state index in [1.54, 1.807) is 0 Å². The van der Waals surface area contributed by atoms with Gasteiger partial charge in [0, 0.05) is 29.6 Å². The van der Waals surface area contributed by atoms with E-state index in [1.807, 2.05) is 4.72 Å². The van der Waals surface area contributed by atoms with Gasteiger partial charge in [0.1, 0.15) is 18.3 Å². The van der Waals surface area contributed by atoms with Gasteiger partial charge in [-0.05, 0) is 48.9 Å². The molecule has 12 heteroatoms. The van der Waals surface area contributed by atoms with Gasteiger partial charge in [-0.15, -0.1) is 0 Å². The lowest BCUT2D eigenvalue weighted by Gasteiger charge is -2.45. The minimum atomic E-state index is -4.94. The van der Waals surface area contributed by atoms with Crippen LogP contribution in [0.5, 0.6) is 0 Å². The monoisotopic (exact) mass is 532 g/mol. The molecule has 4 rings (SSSR count). The number of nitrogens with zero attached hydrogens (tertiary/aromatic N) is 1. The number of alkyl halides is 3. The first kappa shape index (κ1) is 26.5. The molecule has 6 nitrogen and oxygen atoms in total. The van der Waals surface area contributed by atoms with Crippen molar-refractivity contribution in [1.82, 2.24) is 9.62 Å². The third-order valence-corrected chi connectivity index (χ3v) is 8.07. The highest BCUT2D eigenvalue weighted by atomic mass is 32.2. The Balaban J connectivity index is 1.67. The largest absolute Gasteiger partial charge is 0.381 e. The fourth-order valence-electron chi connectivity index (χ4n) is 4.90. The topological polar surface area (TPSA) is 86.7 Å². The Labute approximate surface area is 205 Å². The van der Waals surface area contributed by atoms with Gasteiger partial charge in [-0.25, -0.2) is 26.3 Å². The average molecular weight is 533 g/mol. The summed E-state index contributed by atoms with van der Waals surface area (Å²) in [4.78, 5) is 14.0. The minimum Gasteiger partial charge on any atom is -0.381 e. The van der Waals surface area contributed by atoms with E-state index in [0.29, 0.717) is 12.8 Å². The number of aliphatic hydroxyl groups is 1. The van der Waals surface area contributed by atoms with E-state index in [-0.39, 0.29) is 36.1 Å². The predicted octanol–water partition coefficient (Wildman–Crippen LogP) is 3.40. The van der Waals surface area contributed by atoms with Gasteiger partial charge in [0.05, 0.1) is 0 Å². The highest BCUT2D eigenvalue weighted by Gasteiger charge is 2.57. The van der Waals surface area contributed by atoms with Crippen LogP contribution in [0.3, 0.4) is 0 Å². The summed E-state index contributed by atoms with van der Waals surface area (Å²) in [6.45, 7) is -1.45. The van der Waals surface area contributed by atoms with Crippen molar-refractivity contribution in [2.75, 3.05) is 13.2 Å². The predicted molar refractivity (Wildman–Crippen MR) is 121 cm³/mol. The van der Waals surface area contributed by atoms with E-state index < -0.39 is 63.6 Å². The minimum absolute atomic E-state index is 0.0955. The zero-order valence-corrected chi connectivity index (χ0v) is 19.8. The Hall–Kier alpha value is -2.57. The van der Waals surface area contributed by atoms with E-state index in [4.69, 9.17) is 0 Å². The molecule has 0 unspecified atom stereocenters. The summed E-state index contributed by atoms with van der Waals surface area (Å²) in [6.07, 6.45) is -1.38. The van der Waals surface area contributed by atoms with Crippen molar-refractivity contribution in [3.05, 3.63) is 59.7 Å². The van der Waals surface area contributed by atoms with Gasteiger partial charge >= 0.3 is 5.76 Å². The Kier molecular flexibility index (Phi) is 7.40. The maximum atomic E-state index is 15.5. The number of halogens is 5. The summed E-state index contributed by atoms with van der Waals surface area (Å²) in [5.41, 5.74) is -0.348.